The van der Waals surface area contributed by atoms with Crippen molar-refractivity contribution in [2.75, 3.05) is 26.2 Å². The van der Waals surface area contributed by atoms with Crippen molar-refractivity contribution in [3.63, 3.8) is 0 Å². The third-order valence-electron chi connectivity index (χ3n) is 3.54. The van der Waals surface area contributed by atoms with Gasteiger partial charge in [-0.3, -0.25) is 4.90 Å². The maximum Gasteiger partial charge on any atom is 0.0192 e. The highest BCUT2D eigenvalue weighted by Crippen LogP contribution is 2.17. The second-order valence-corrected chi connectivity index (χ2v) is 6.76. The summed E-state index contributed by atoms with van der Waals surface area (Å²) in [5, 5.41) is 3.59. The number of likely N-dealkylation sites (tertiary alicyclic amines) is 1. The number of halogens is 1. The van der Waals surface area contributed by atoms with Crippen molar-refractivity contribution in [2.45, 2.75) is 53.5 Å². The Hall–Kier alpha value is 0.210. The molecule has 0 radical (unpaired) electrons. The van der Waals surface area contributed by atoms with Crippen LogP contribution in [0.15, 0.2) is 0 Å². The van der Waals surface area contributed by atoms with E-state index in [2.05, 4.69) is 44.8 Å². The molecule has 1 fully saturated rings. The lowest BCUT2D eigenvalue weighted by molar-refractivity contribution is 0.143. The number of hydrogen-bond donors (Lipinski definition) is 1. The Labute approximate surface area is 114 Å². The molecule has 0 aromatic heterocycles. The van der Waals surface area contributed by atoms with Crippen LogP contribution in [-0.2, 0) is 0 Å². The minimum Gasteiger partial charge on any atom is -0.315 e. The predicted molar refractivity (Wildman–Crippen MR) is 79.0 cm³/mol. The molecule has 1 rings (SSSR count). The fourth-order valence-corrected chi connectivity index (χ4v) is 2.25. The topological polar surface area (TPSA) is 15.3 Å². The molecular weight excluding hydrogens is 232 g/mol. The molecule has 0 spiro atoms. The lowest BCUT2D eigenvalue weighted by Gasteiger charge is -2.35. The van der Waals surface area contributed by atoms with Crippen LogP contribution in [0.5, 0.6) is 0 Å². The first-order valence-corrected chi connectivity index (χ1v) is 6.83. The summed E-state index contributed by atoms with van der Waals surface area (Å²) in [7, 11) is 0. The van der Waals surface area contributed by atoms with E-state index < -0.39 is 0 Å². The Morgan fingerprint density at radius 3 is 2.24 bits per heavy atom. The Balaban J connectivity index is 0.00000256. The van der Waals surface area contributed by atoms with E-state index in [0.717, 1.165) is 19.0 Å². The number of nitrogens with one attached hydrogen (secondary N) is 1. The molecule has 1 atom stereocenters. The van der Waals surface area contributed by atoms with Crippen LogP contribution in [0.25, 0.3) is 0 Å². The SMILES string of the molecule is CC1CCN(C(C)CNCC(C)(C)C)CC1.Cl. The average Bonchev–Trinajstić information content (AvgIpc) is 2.16. The molecule has 1 saturated heterocycles. The highest BCUT2D eigenvalue weighted by molar-refractivity contribution is 5.85. The van der Waals surface area contributed by atoms with Gasteiger partial charge in [-0.25, -0.2) is 0 Å². The van der Waals surface area contributed by atoms with Crippen LogP contribution in [0.2, 0.25) is 0 Å². The number of hydrogen-bond acceptors (Lipinski definition) is 2. The summed E-state index contributed by atoms with van der Waals surface area (Å²) >= 11 is 0. The highest BCUT2D eigenvalue weighted by Gasteiger charge is 2.20. The molecule has 1 N–H and O–H groups in total. The van der Waals surface area contributed by atoms with Crippen LogP contribution in [0, 0.1) is 11.3 Å². The molecule has 1 aliphatic heterocycles. The van der Waals surface area contributed by atoms with Gasteiger partial charge in [-0.2, -0.15) is 0 Å². The summed E-state index contributed by atoms with van der Waals surface area (Å²) in [6.45, 7) is 16.4. The van der Waals surface area contributed by atoms with E-state index in [-0.39, 0.29) is 12.4 Å². The highest BCUT2D eigenvalue weighted by atomic mass is 35.5. The fourth-order valence-electron chi connectivity index (χ4n) is 2.25. The zero-order valence-electron chi connectivity index (χ0n) is 12.3. The Bertz CT molecular complexity index is 193. The van der Waals surface area contributed by atoms with Crippen molar-refractivity contribution >= 4 is 12.4 Å². The molecule has 0 bridgehead atoms. The van der Waals surface area contributed by atoms with Crippen LogP contribution in [-0.4, -0.2) is 37.1 Å². The van der Waals surface area contributed by atoms with E-state index in [1.165, 1.54) is 25.9 Å². The van der Waals surface area contributed by atoms with Crippen molar-refractivity contribution in [1.29, 1.82) is 0 Å². The summed E-state index contributed by atoms with van der Waals surface area (Å²) in [6.07, 6.45) is 2.76. The van der Waals surface area contributed by atoms with Crippen molar-refractivity contribution in [1.82, 2.24) is 10.2 Å². The van der Waals surface area contributed by atoms with Gasteiger partial charge in [-0.1, -0.05) is 27.7 Å². The van der Waals surface area contributed by atoms with E-state index in [0.29, 0.717) is 11.5 Å². The van der Waals surface area contributed by atoms with Crippen LogP contribution >= 0.6 is 12.4 Å². The van der Waals surface area contributed by atoms with Crippen LogP contribution in [0.1, 0.15) is 47.5 Å². The van der Waals surface area contributed by atoms with E-state index >= 15 is 0 Å². The summed E-state index contributed by atoms with van der Waals surface area (Å²) < 4.78 is 0. The van der Waals surface area contributed by atoms with Gasteiger partial charge in [0.2, 0.25) is 0 Å². The molecular formula is C14H31ClN2. The normalized spacial score (nSPS) is 21.0. The second kappa shape index (κ2) is 7.60. The van der Waals surface area contributed by atoms with Gasteiger partial charge in [-0.15, -0.1) is 12.4 Å². The monoisotopic (exact) mass is 262 g/mol. The zero-order valence-corrected chi connectivity index (χ0v) is 13.1. The van der Waals surface area contributed by atoms with E-state index in [9.17, 15) is 0 Å². The molecule has 0 amide bonds. The van der Waals surface area contributed by atoms with Gasteiger partial charge >= 0.3 is 0 Å². The molecule has 0 saturated carbocycles. The van der Waals surface area contributed by atoms with Crippen LogP contribution < -0.4 is 5.32 Å². The maximum atomic E-state index is 3.59. The summed E-state index contributed by atoms with van der Waals surface area (Å²) in [4.78, 5) is 2.63. The lowest BCUT2D eigenvalue weighted by Crippen LogP contribution is -2.45. The van der Waals surface area contributed by atoms with Crippen LogP contribution in [0.4, 0.5) is 0 Å². The molecule has 0 aromatic carbocycles. The minimum absolute atomic E-state index is 0. The van der Waals surface area contributed by atoms with Crippen molar-refractivity contribution in [3.8, 4) is 0 Å². The summed E-state index contributed by atoms with van der Waals surface area (Å²) in [5.41, 5.74) is 0.399. The smallest absolute Gasteiger partial charge is 0.0192 e. The quantitative estimate of drug-likeness (QED) is 0.837. The maximum absolute atomic E-state index is 3.59. The first-order valence-electron chi connectivity index (χ1n) is 6.83. The number of piperidine rings is 1. The van der Waals surface area contributed by atoms with Crippen molar-refractivity contribution in [3.05, 3.63) is 0 Å². The Morgan fingerprint density at radius 2 is 1.76 bits per heavy atom. The van der Waals surface area contributed by atoms with Gasteiger partial charge < -0.3 is 5.32 Å². The summed E-state index contributed by atoms with van der Waals surface area (Å²) in [6, 6.07) is 0.690. The number of rotatable bonds is 4. The standard InChI is InChI=1S/C14H30N2.ClH/c1-12-6-8-16(9-7-12)13(2)10-15-11-14(3,4)5;/h12-13,15H,6-11H2,1-5H3;1H. The van der Waals surface area contributed by atoms with Gasteiger partial charge in [0.15, 0.2) is 0 Å². The first kappa shape index (κ1) is 17.2. The second-order valence-electron chi connectivity index (χ2n) is 6.76. The molecule has 1 heterocycles. The van der Waals surface area contributed by atoms with Gasteiger partial charge in [0.25, 0.3) is 0 Å². The van der Waals surface area contributed by atoms with Crippen LogP contribution in [0.3, 0.4) is 0 Å². The molecule has 2 nitrogen and oxygen atoms in total. The minimum atomic E-state index is 0. The predicted octanol–water partition coefficient (Wildman–Crippen LogP) is 3.16. The zero-order chi connectivity index (χ0) is 12.2. The molecule has 1 aliphatic rings. The van der Waals surface area contributed by atoms with E-state index in [1.54, 1.807) is 0 Å². The van der Waals surface area contributed by atoms with E-state index in [4.69, 9.17) is 0 Å². The van der Waals surface area contributed by atoms with Crippen molar-refractivity contribution < 1.29 is 0 Å². The fraction of sp³-hybridized carbons (Fsp3) is 1.00. The molecule has 1 unspecified atom stereocenters. The third-order valence-corrected chi connectivity index (χ3v) is 3.54. The Kier molecular flexibility index (Phi) is 7.70. The van der Waals surface area contributed by atoms with Gasteiger partial charge in [0.1, 0.15) is 0 Å². The molecule has 104 valence electrons. The lowest BCUT2D eigenvalue weighted by atomic mass is 9.96. The molecule has 3 heteroatoms. The third kappa shape index (κ3) is 7.28. The molecule has 0 aliphatic carbocycles. The molecule has 17 heavy (non-hydrogen) atoms. The average molecular weight is 263 g/mol. The van der Waals surface area contributed by atoms with Gasteiger partial charge in [-0.05, 0) is 44.2 Å². The first-order chi connectivity index (χ1) is 7.38. The largest absolute Gasteiger partial charge is 0.315 e. The van der Waals surface area contributed by atoms with Gasteiger partial charge in [0.05, 0.1) is 0 Å². The van der Waals surface area contributed by atoms with Gasteiger partial charge in [0, 0.05) is 19.1 Å². The Morgan fingerprint density at radius 1 is 1.24 bits per heavy atom. The number of nitrogens with zero attached hydrogens (tertiary/aromatic N) is 1. The summed E-state index contributed by atoms with van der Waals surface area (Å²) in [5.74, 6) is 0.936. The van der Waals surface area contributed by atoms with E-state index in [1.807, 2.05) is 0 Å². The van der Waals surface area contributed by atoms with Crippen molar-refractivity contribution in [2.24, 2.45) is 11.3 Å². The molecule has 0 aromatic rings.